The molecule has 3 atom stereocenters. The third-order valence-corrected chi connectivity index (χ3v) is 6.30. The van der Waals surface area contributed by atoms with Gasteiger partial charge in [-0.3, -0.25) is 4.79 Å². The molecule has 0 bridgehead atoms. The first-order valence-corrected chi connectivity index (χ1v) is 11.3. The molecular formula is C28H27ClO4. The quantitative estimate of drug-likeness (QED) is 0.279. The molecule has 0 aliphatic carbocycles. The van der Waals surface area contributed by atoms with E-state index in [1.54, 1.807) is 7.11 Å². The Hall–Kier alpha value is -2.92. The minimum absolute atomic E-state index is 0.0696. The molecule has 0 aromatic heterocycles. The normalized spacial score (nSPS) is 19.9. The number of carbonyl (C=O) groups is 1. The monoisotopic (exact) mass is 462 g/mol. The fourth-order valence-electron chi connectivity index (χ4n) is 4.13. The second-order valence-electron chi connectivity index (χ2n) is 8.10. The molecule has 1 aliphatic rings. The highest BCUT2D eigenvalue weighted by Gasteiger charge is 2.39. The van der Waals surface area contributed by atoms with Crippen molar-refractivity contribution in [3.05, 3.63) is 102 Å². The van der Waals surface area contributed by atoms with Gasteiger partial charge >= 0.3 is 0 Å². The number of carbonyl (C=O) groups excluding carboxylic acids is 1. The van der Waals surface area contributed by atoms with Gasteiger partial charge in [0.1, 0.15) is 5.75 Å². The van der Waals surface area contributed by atoms with Gasteiger partial charge < -0.3 is 14.2 Å². The standard InChI is InChI=1S/C28H27ClO4/c1-3-25-26(17-33-27(25)18-32-16-19-4-14-24(31-2)15-5-19)28(30)22-8-6-20(7-9-22)21-10-12-23(29)13-11-21/h3-15,25-27H,1,16-18H2,2H3/t25-,26+,27+/m1/s1. The van der Waals surface area contributed by atoms with Gasteiger partial charge in [0.05, 0.1) is 39.0 Å². The highest BCUT2D eigenvalue weighted by molar-refractivity contribution is 6.30. The zero-order valence-corrected chi connectivity index (χ0v) is 19.3. The Kier molecular flexibility index (Phi) is 7.61. The van der Waals surface area contributed by atoms with E-state index in [0.29, 0.717) is 30.4 Å². The van der Waals surface area contributed by atoms with E-state index in [0.717, 1.165) is 22.4 Å². The lowest BCUT2D eigenvalue weighted by molar-refractivity contribution is 0.00144. The van der Waals surface area contributed by atoms with Crippen molar-refractivity contribution in [1.82, 2.24) is 0 Å². The van der Waals surface area contributed by atoms with Gasteiger partial charge in [0.25, 0.3) is 0 Å². The molecule has 0 saturated carbocycles. The van der Waals surface area contributed by atoms with Crippen molar-refractivity contribution >= 4 is 17.4 Å². The number of ether oxygens (including phenoxy) is 3. The maximum absolute atomic E-state index is 13.2. The molecule has 33 heavy (non-hydrogen) atoms. The molecule has 1 saturated heterocycles. The lowest BCUT2D eigenvalue weighted by Gasteiger charge is -2.19. The second kappa shape index (κ2) is 10.8. The van der Waals surface area contributed by atoms with Gasteiger partial charge in [0.15, 0.2) is 5.78 Å². The van der Waals surface area contributed by atoms with Crippen molar-refractivity contribution in [1.29, 1.82) is 0 Å². The van der Waals surface area contributed by atoms with Crippen molar-refractivity contribution < 1.29 is 19.0 Å². The summed E-state index contributed by atoms with van der Waals surface area (Å²) in [6.45, 7) is 5.19. The Morgan fingerprint density at radius 2 is 1.67 bits per heavy atom. The summed E-state index contributed by atoms with van der Waals surface area (Å²) in [7, 11) is 1.64. The van der Waals surface area contributed by atoms with Gasteiger partial charge in [-0.25, -0.2) is 0 Å². The molecule has 0 spiro atoms. The van der Waals surface area contributed by atoms with E-state index in [4.69, 9.17) is 25.8 Å². The van der Waals surface area contributed by atoms with Crippen molar-refractivity contribution in [2.75, 3.05) is 20.3 Å². The summed E-state index contributed by atoms with van der Waals surface area (Å²) in [5.41, 5.74) is 3.82. The minimum atomic E-state index is -0.265. The average Bonchev–Trinajstić information content (AvgIpc) is 3.27. The van der Waals surface area contributed by atoms with Crippen LogP contribution in [-0.4, -0.2) is 32.2 Å². The van der Waals surface area contributed by atoms with Crippen molar-refractivity contribution in [2.45, 2.75) is 12.7 Å². The number of halogens is 1. The molecule has 5 heteroatoms. The minimum Gasteiger partial charge on any atom is -0.497 e. The van der Waals surface area contributed by atoms with Crippen molar-refractivity contribution in [3.8, 4) is 16.9 Å². The van der Waals surface area contributed by atoms with Gasteiger partial charge in [-0.15, -0.1) is 6.58 Å². The Morgan fingerprint density at radius 1 is 1.03 bits per heavy atom. The lowest BCUT2D eigenvalue weighted by Crippen LogP contribution is -2.27. The number of rotatable bonds is 9. The zero-order valence-electron chi connectivity index (χ0n) is 18.6. The van der Waals surface area contributed by atoms with E-state index in [1.165, 1.54) is 0 Å². The van der Waals surface area contributed by atoms with Gasteiger partial charge in [-0.1, -0.05) is 66.2 Å². The van der Waals surface area contributed by atoms with Crippen LogP contribution < -0.4 is 4.74 Å². The maximum Gasteiger partial charge on any atom is 0.168 e. The molecule has 0 amide bonds. The molecule has 4 rings (SSSR count). The first-order chi connectivity index (χ1) is 16.1. The van der Waals surface area contributed by atoms with E-state index in [9.17, 15) is 4.79 Å². The summed E-state index contributed by atoms with van der Waals surface area (Å²) in [5.74, 6) is 0.523. The van der Waals surface area contributed by atoms with Gasteiger partial charge in [0, 0.05) is 16.5 Å². The van der Waals surface area contributed by atoms with Crippen molar-refractivity contribution in [3.63, 3.8) is 0 Å². The van der Waals surface area contributed by atoms with E-state index in [2.05, 4.69) is 6.58 Å². The van der Waals surface area contributed by atoms with Crippen LogP contribution in [0, 0.1) is 11.8 Å². The molecule has 1 aliphatic heterocycles. The number of hydrogen-bond acceptors (Lipinski definition) is 4. The molecule has 1 fully saturated rings. The number of hydrogen-bond donors (Lipinski definition) is 0. The highest BCUT2D eigenvalue weighted by Crippen LogP contribution is 2.32. The van der Waals surface area contributed by atoms with Gasteiger partial charge in [-0.2, -0.15) is 0 Å². The van der Waals surface area contributed by atoms with Crippen LogP contribution >= 0.6 is 11.6 Å². The Morgan fingerprint density at radius 3 is 2.27 bits per heavy atom. The first-order valence-electron chi connectivity index (χ1n) is 10.9. The van der Waals surface area contributed by atoms with Crippen LogP contribution in [0.4, 0.5) is 0 Å². The summed E-state index contributed by atoms with van der Waals surface area (Å²) < 4.78 is 17.0. The molecule has 3 aromatic carbocycles. The third-order valence-electron chi connectivity index (χ3n) is 6.05. The summed E-state index contributed by atoms with van der Waals surface area (Å²) in [6.07, 6.45) is 1.63. The van der Waals surface area contributed by atoms with Crippen LogP contribution in [0.2, 0.25) is 5.02 Å². The summed E-state index contributed by atoms with van der Waals surface area (Å²) in [6, 6.07) is 23.1. The second-order valence-corrected chi connectivity index (χ2v) is 8.54. The zero-order chi connectivity index (χ0) is 23.2. The summed E-state index contributed by atoms with van der Waals surface area (Å²) in [5, 5.41) is 0.699. The van der Waals surface area contributed by atoms with Gasteiger partial charge in [-0.05, 0) is 41.0 Å². The molecule has 4 nitrogen and oxygen atoms in total. The number of ketones is 1. The molecule has 3 aromatic rings. The predicted molar refractivity (Wildman–Crippen MR) is 131 cm³/mol. The number of Topliss-reactive ketones (excluding diaryl/α,β-unsaturated/α-hetero) is 1. The van der Waals surface area contributed by atoms with Crippen LogP contribution in [0.15, 0.2) is 85.5 Å². The lowest BCUT2D eigenvalue weighted by atomic mass is 9.85. The molecule has 0 unspecified atom stereocenters. The fraction of sp³-hybridized carbons (Fsp3) is 0.250. The van der Waals surface area contributed by atoms with E-state index < -0.39 is 0 Å². The summed E-state index contributed by atoms with van der Waals surface area (Å²) >= 11 is 5.97. The largest absolute Gasteiger partial charge is 0.497 e. The fourth-order valence-corrected chi connectivity index (χ4v) is 4.26. The number of benzene rings is 3. The number of methoxy groups -OCH3 is 1. The van der Waals surface area contributed by atoms with Crippen LogP contribution in [0.3, 0.4) is 0 Å². The topological polar surface area (TPSA) is 44.8 Å². The van der Waals surface area contributed by atoms with Crippen LogP contribution in [0.25, 0.3) is 11.1 Å². The Bertz CT molecular complexity index is 1070. The van der Waals surface area contributed by atoms with E-state index in [-0.39, 0.29) is 23.7 Å². The maximum atomic E-state index is 13.2. The van der Waals surface area contributed by atoms with Crippen LogP contribution in [0.1, 0.15) is 15.9 Å². The Balaban J connectivity index is 1.35. The van der Waals surface area contributed by atoms with Crippen molar-refractivity contribution in [2.24, 2.45) is 11.8 Å². The predicted octanol–water partition coefficient (Wildman–Crippen LogP) is 6.23. The highest BCUT2D eigenvalue weighted by atomic mass is 35.5. The Labute approximate surface area is 199 Å². The molecular weight excluding hydrogens is 436 g/mol. The molecule has 1 heterocycles. The van der Waals surface area contributed by atoms with Gasteiger partial charge in [0.2, 0.25) is 0 Å². The SMILES string of the molecule is C=C[C@H]1[C@H](COCc2ccc(OC)cc2)OC[C@@H]1C(=O)c1ccc(-c2ccc(Cl)cc2)cc1. The smallest absolute Gasteiger partial charge is 0.168 e. The third kappa shape index (κ3) is 5.53. The molecule has 0 radical (unpaired) electrons. The first kappa shape index (κ1) is 23.2. The van der Waals surface area contributed by atoms with Crippen LogP contribution in [0.5, 0.6) is 5.75 Å². The summed E-state index contributed by atoms with van der Waals surface area (Å²) in [4.78, 5) is 13.2. The average molecular weight is 463 g/mol. The molecule has 0 N–H and O–H groups in total. The van der Waals surface area contributed by atoms with E-state index >= 15 is 0 Å². The van der Waals surface area contributed by atoms with Crippen LogP contribution in [-0.2, 0) is 16.1 Å². The molecule has 170 valence electrons. The van der Waals surface area contributed by atoms with E-state index in [1.807, 2.05) is 78.9 Å².